The predicted molar refractivity (Wildman–Crippen MR) is 145 cm³/mol. The van der Waals surface area contributed by atoms with Crippen LogP contribution in [0.3, 0.4) is 0 Å². The fraction of sp³-hybridized carbons (Fsp3) is 0.467. The highest BCUT2D eigenvalue weighted by Crippen LogP contribution is 2.38. The van der Waals surface area contributed by atoms with Crippen LogP contribution in [0.15, 0.2) is 55.2 Å². The first-order valence-corrected chi connectivity index (χ1v) is 13.0. The number of ether oxygens (including phenoxy) is 2. The van der Waals surface area contributed by atoms with Gasteiger partial charge in [0.05, 0.1) is 32.4 Å². The molecule has 0 bridgehead atoms. The zero-order chi connectivity index (χ0) is 26.1. The molecule has 2 heterocycles. The van der Waals surface area contributed by atoms with E-state index in [0.717, 1.165) is 41.4 Å². The molecule has 1 amide bonds. The van der Waals surface area contributed by atoms with Crippen molar-refractivity contribution in [3.05, 3.63) is 72.0 Å². The molecule has 1 aromatic carbocycles. The normalized spacial score (nSPS) is 15.1. The third-order valence-corrected chi connectivity index (χ3v) is 6.94. The molecule has 194 valence electrons. The number of allylic oxidation sites excluding steroid dienone is 3. The van der Waals surface area contributed by atoms with Crippen LogP contribution in [0.4, 0.5) is 0 Å². The maximum Gasteiger partial charge on any atom is 0.337 e. The van der Waals surface area contributed by atoms with Gasteiger partial charge >= 0.3 is 5.97 Å². The Labute approximate surface area is 215 Å². The highest BCUT2D eigenvalue weighted by atomic mass is 16.5. The molecule has 1 aromatic heterocycles. The fourth-order valence-corrected chi connectivity index (χ4v) is 5.15. The molecule has 1 saturated heterocycles. The van der Waals surface area contributed by atoms with Crippen molar-refractivity contribution in [2.24, 2.45) is 0 Å². The lowest BCUT2D eigenvalue weighted by atomic mass is 9.89. The van der Waals surface area contributed by atoms with Gasteiger partial charge in [-0.05, 0) is 42.9 Å². The standard InChI is InChI=1S/C30H40N2O4/c1-6-10-13-24(29(33)31-16-18-36-19-17-31)21-32-26(12-8-3)28(22(9-4)11-7-2)25-15-14-23(20-27(25)32)30(34)35-5/h6,8,13-15,20,22H,1,3,7,9-12,16-19,21H2,2,4-5H3/b24-13+. The number of hydrogen-bond donors (Lipinski definition) is 0. The maximum atomic E-state index is 13.6. The minimum absolute atomic E-state index is 0.0258. The van der Waals surface area contributed by atoms with E-state index < -0.39 is 0 Å². The van der Waals surface area contributed by atoms with E-state index in [1.165, 1.54) is 12.7 Å². The first-order valence-electron chi connectivity index (χ1n) is 13.0. The molecule has 1 aliphatic rings. The van der Waals surface area contributed by atoms with E-state index in [4.69, 9.17) is 9.47 Å². The summed E-state index contributed by atoms with van der Waals surface area (Å²) in [5.74, 6) is 0.0370. The van der Waals surface area contributed by atoms with Crippen LogP contribution in [-0.4, -0.2) is 54.8 Å². The molecule has 3 rings (SSSR count). The average molecular weight is 493 g/mol. The van der Waals surface area contributed by atoms with E-state index in [0.29, 0.717) is 57.2 Å². The number of esters is 1. The Morgan fingerprint density at radius 1 is 1.17 bits per heavy atom. The van der Waals surface area contributed by atoms with Gasteiger partial charge in [0.25, 0.3) is 5.91 Å². The molecule has 0 spiro atoms. The summed E-state index contributed by atoms with van der Waals surface area (Å²) < 4.78 is 12.7. The van der Waals surface area contributed by atoms with Crippen LogP contribution in [0.5, 0.6) is 0 Å². The number of fused-ring (bicyclic) bond motifs is 1. The van der Waals surface area contributed by atoms with E-state index in [-0.39, 0.29) is 11.9 Å². The summed E-state index contributed by atoms with van der Waals surface area (Å²) >= 11 is 0. The Morgan fingerprint density at radius 2 is 1.92 bits per heavy atom. The molecule has 1 aliphatic heterocycles. The van der Waals surface area contributed by atoms with Crippen LogP contribution in [0.2, 0.25) is 0 Å². The van der Waals surface area contributed by atoms with Crippen molar-refractivity contribution in [1.82, 2.24) is 9.47 Å². The van der Waals surface area contributed by atoms with Crippen LogP contribution in [0.1, 0.15) is 67.1 Å². The first-order chi connectivity index (χ1) is 17.5. The van der Waals surface area contributed by atoms with Crippen molar-refractivity contribution in [2.75, 3.05) is 33.4 Å². The summed E-state index contributed by atoms with van der Waals surface area (Å²) in [6.45, 7) is 15.0. The Balaban J connectivity index is 2.22. The number of benzene rings is 1. The maximum absolute atomic E-state index is 13.6. The predicted octanol–water partition coefficient (Wildman–Crippen LogP) is 5.81. The van der Waals surface area contributed by atoms with E-state index in [9.17, 15) is 9.59 Å². The molecular formula is C30H40N2O4. The van der Waals surface area contributed by atoms with Gasteiger partial charge in [0, 0.05) is 41.7 Å². The number of nitrogens with zero attached hydrogens (tertiary/aromatic N) is 2. The van der Waals surface area contributed by atoms with Gasteiger partial charge < -0.3 is 18.9 Å². The number of amides is 1. The quantitative estimate of drug-likeness (QED) is 0.213. The average Bonchev–Trinajstić information content (AvgIpc) is 3.21. The second kappa shape index (κ2) is 13.3. The van der Waals surface area contributed by atoms with Gasteiger partial charge in [-0.1, -0.05) is 44.6 Å². The number of rotatable bonds is 12. The van der Waals surface area contributed by atoms with Crippen LogP contribution < -0.4 is 0 Å². The number of morpholine rings is 1. The SMILES string of the molecule is C=CC/C=C(\Cn1c(CC=C)c(C(CC)CCC)c2ccc(C(=O)OC)cc21)C(=O)N1CCOCC1. The van der Waals surface area contributed by atoms with Crippen molar-refractivity contribution < 1.29 is 19.1 Å². The zero-order valence-corrected chi connectivity index (χ0v) is 22.1. The molecule has 36 heavy (non-hydrogen) atoms. The summed E-state index contributed by atoms with van der Waals surface area (Å²) in [6.07, 6.45) is 10.2. The van der Waals surface area contributed by atoms with Gasteiger partial charge in [0.2, 0.25) is 0 Å². The van der Waals surface area contributed by atoms with Gasteiger partial charge in [-0.15, -0.1) is 13.2 Å². The molecule has 6 heteroatoms. The number of carbonyl (C=O) groups is 2. The van der Waals surface area contributed by atoms with Crippen molar-refractivity contribution in [3.63, 3.8) is 0 Å². The van der Waals surface area contributed by atoms with Gasteiger partial charge in [0.1, 0.15) is 0 Å². The lowest BCUT2D eigenvalue weighted by molar-refractivity contribution is -0.131. The Morgan fingerprint density at radius 3 is 2.53 bits per heavy atom. The highest BCUT2D eigenvalue weighted by molar-refractivity contribution is 5.97. The summed E-state index contributed by atoms with van der Waals surface area (Å²) in [7, 11) is 1.39. The summed E-state index contributed by atoms with van der Waals surface area (Å²) in [4.78, 5) is 27.9. The first kappa shape index (κ1) is 27.5. The van der Waals surface area contributed by atoms with E-state index >= 15 is 0 Å². The topological polar surface area (TPSA) is 60.8 Å². The summed E-state index contributed by atoms with van der Waals surface area (Å²) in [5, 5.41) is 1.13. The summed E-state index contributed by atoms with van der Waals surface area (Å²) in [5.41, 5.74) is 4.62. The fourth-order valence-electron chi connectivity index (χ4n) is 5.15. The minimum atomic E-state index is -0.371. The molecule has 0 N–H and O–H groups in total. The molecule has 0 aliphatic carbocycles. The zero-order valence-electron chi connectivity index (χ0n) is 22.1. The van der Waals surface area contributed by atoms with E-state index in [1.54, 1.807) is 6.08 Å². The molecule has 2 aromatic rings. The molecule has 1 unspecified atom stereocenters. The van der Waals surface area contributed by atoms with Crippen molar-refractivity contribution in [2.45, 2.75) is 58.4 Å². The largest absolute Gasteiger partial charge is 0.465 e. The highest BCUT2D eigenvalue weighted by Gasteiger charge is 2.26. The van der Waals surface area contributed by atoms with E-state index in [2.05, 4.69) is 31.6 Å². The lowest BCUT2D eigenvalue weighted by Gasteiger charge is -2.28. The number of hydrogen-bond acceptors (Lipinski definition) is 4. The number of carbonyl (C=O) groups excluding carboxylic acids is 2. The molecule has 1 fully saturated rings. The lowest BCUT2D eigenvalue weighted by Crippen LogP contribution is -2.42. The third kappa shape index (κ3) is 5.98. The van der Waals surface area contributed by atoms with Gasteiger partial charge in [-0.3, -0.25) is 4.79 Å². The second-order valence-corrected chi connectivity index (χ2v) is 9.21. The number of aromatic nitrogens is 1. The van der Waals surface area contributed by atoms with Crippen LogP contribution >= 0.6 is 0 Å². The van der Waals surface area contributed by atoms with Crippen molar-refractivity contribution in [1.29, 1.82) is 0 Å². The Kier molecular flexibility index (Phi) is 10.1. The molecule has 0 radical (unpaired) electrons. The molecule has 6 nitrogen and oxygen atoms in total. The van der Waals surface area contributed by atoms with Crippen LogP contribution in [0, 0.1) is 0 Å². The molecule has 0 saturated carbocycles. The minimum Gasteiger partial charge on any atom is -0.465 e. The second-order valence-electron chi connectivity index (χ2n) is 9.21. The summed E-state index contributed by atoms with van der Waals surface area (Å²) in [6, 6.07) is 5.78. The molecule has 1 atom stereocenters. The Bertz CT molecular complexity index is 1120. The monoisotopic (exact) mass is 492 g/mol. The van der Waals surface area contributed by atoms with Crippen LogP contribution in [0.25, 0.3) is 10.9 Å². The van der Waals surface area contributed by atoms with E-state index in [1.807, 2.05) is 35.3 Å². The van der Waals surface area contributed by atoms with Gasteiger partial charge in [-0.25, -0.2) is 4.79 Å². The Hall–Kier alpha value is -3.12. The third-order valence-electron chi connectivity index (χ3n) is 6.94. The van der Waals surface area contributed by atoms with Crippen molar-refractivity contribution >= 4 is 22.8 Å². The van der Waals surface area contributed by atoms with Crippen LogP contribution in [-0.2, 0) is 27.2 Å². The van der Waals surface area contributed by atoms with Gasteiger partial charge in [-0.2, -0.15) is 0 Å². The molecular weight excluding hydrogens is 452 g/mol. The van der Waals surface area contributed by atoms with Gasteiger partial charge in [0.15, 0.2) is 0 Å². The number of methoxy groups -OCH3 is 1. The van der Waals surface area contributed by atoms with Crippen molar-refractivity contribution in [3.8, 4) is 0 Å². The smallest absolute Gasteiger partial charge is 0.337 e.